The molecule has 0 aromatic heterocycles. The van der Waals surface area contributed by atoms with Crippen molar-refractivity contribution in [1.82, 2.24) is 4.90 Å². The quantitative estimate of drug-likeness (QED) is 0.902. The van der Waals surface area contributed by atoms with Gasteiger partial charge in [0.25, 0.3) is 0 Å². The lowest BCUT2D eigenvalue weighted by molar-refractivity contribution is 0.219. The smallest absolute Gasteiger partial charge is 0.0394 e. The first-order valence-electron chi connectivity index (χ1n) is 7.65. The number of likely N-dealkylation sites (tertiary alicyclic amines) is 1. The highest BCUT2D eigenvalue weighted by Crippen LogP contribution is 2.44. The first kappa shape index (κ1) is 13.1. The summed E-state index contributed by atoms with van der Waals surface area (Å²) in [6.07, 6.45) is 4.04. The van der Waals surface area contributed by atoms with E-state index >= 15 is 0 Å². The molecule has 2 nitrogen and oxygen atoms in total. The highest BCUT2D eigenvalue weighted by molar-refractivity contribution is 5.39. The minimum Gasteiger partial charge on any atom is -0.330 e. The minimum atomic E-state index is 0.566. The molecule has 2 N–H and O–H groups in total. The largest absolute Gasteiger partial charge is 0.330 e. The van der Waals surface area contributed by atoms with Gasteiger partial charge in [0.1, 0.15) is 0 Å². The molecule has 19 heavy (non-hydrogen) atoms. The van der Waals surface area contributed by atoms with Gasteiger partial charge in [0.05, 0.1) is 0 Å². The van der Waals surface area contributed by atoms with Crippen molar-refractivity contribution in [3.05, 3.63) is 34.4 Å². The highest BCUT2D eigenvalue weighted by atomic mass is 15.2. The molecule has 3 rings (SSSR count). The summed E-state index contributed by atoms with van der Waals surface area (Å²) in [5.74, 6) is 0.640. The van der Waals surface area contributed by atoms with Gasteiger partial charge in [-0.2, -0.15) is 0 Å². The molecule has 2 heteroatoms. The van der Waals surface area contributed by atoms with Gasteiger partial charge >= 0.3 is 0 Å². The summed E-state index contributed by atoms with van der Waals surface area (Å²) in [6, 6.07) is 6.17. The number of hydrogen-bond acceptors (Lipinski definition) is 2. The molecule has 0 spiro atoms. The van der Waals surface area contributed by atoms with Crippen LogP contribution in [0.5, 0.6) is 0 Å². The second-order valence-electron chi connectivity index (χ2n) is 6.49. The molecule has 2 fully saturated rings. The fraction of sp³-hybridized carbons (Fsp3) is 0.647. The lowest BCUT2D eigenvalue weighted by Gasteiger charge is -2.30. The van der Waals surface area contributed by atoms with Crippen LogP contribution in [-0.4, -0.2) is 24.0 Å². The molecule has 0 amide bonds. The number of hydrogen-bond donors (Lipinski definition) is 1. The Hall–Kier alpha value is -0.860. The third-order valence-electron chi connectivity index (χ3n) is 5.08. The van der Waals surface area contributed by atoms with Crippen molar-refractivity contribution in [2.45, 2.75) is 52.1 Å². The Kier molecular flexibility index (Phi) is 3.40. The zero-order valence-corrected chi connectivity index (χ0v) is 12.4. The van der Waals surface area contributed by atoms with Crippen molar-refractivity contribution < 1.29 is 0 Å². The Morgan fingerprint density at radius 3 is 2.37 bits per heavy atom. The lowest BCUT2D eigenvalue weighted by Crippen LogP contribution is -2.30. The van der Waals surface area contributed by atoms with Crippen molar-refractivity contribution in [3.8, 4) is 0 Å². The van der Waals surface area contributed by atoms with E-state index in [9.17, 15) is 0 Å². The van der Waals surface area contributed by atoms with E-state index in [0.717, 1.165) is 12.6 Å². The zero-order chi connectivity index (χ0) is 13.6. The standard InChI is InChI=1S/C17H26N2/c1-11-8-13(3)16(9-12(11)2)17-14(10-18)6-7-19(17)15-4-5-15/h8-9,14-15,17H,4-7,10,18H2,1-3H3. The second-order valence-corrected chi connectivity index (χ2v) is 6.49. The molecule has 1 saturated carbocycles. The maximum atomic E-state index is 6.04. The van der Waals surface area contributed by atoms with Crippen LogP contribution in [0.1, 0.15) is 47.6 Å². The molecule has 1 aliphatic carbocycles. The van der Waals surface area contributed by atoms with Gasteiger partial charge in [-0.3, -0.25) is 4.90 Å². The fourth-order valence-corrected chi connectivity index (χ4v) is 3.68. The Morgan fingerprint density at radius 1 is 1.05 bits per heavy atom. The SMILES string of the molecule is Cc1cc(C)c(C2C(CN)CCN2C2CC2)cc1C. The zero-order valence-electron chi connectivity index (χ0n) is 12.4. The molecule has 1 saturated heterocycles. The number of rotatable bonds is 3. The first-order chi connectivity index (χ1) is 9.11. The van der Waals surface area contributed by atoms with E-state index in [1.54, 1.807) is 0 Å². The summed E-state index contributed by atoms with van der Waals surface area (Å²) in [4.78, 5) is 2.73. The summed E-state index contributed by atoms with van der Waals surface area (Å²) >= 11 is 0. The molecular weight excluding hydrogens is 232 g/mol. The molecular formula is C17H26N2. The predicted molar refractivity (Wildman–Crippen MR) is 80.3 cm³/mol. The number of benzene rings is 1. The van der Waals surface area contributed by atoms with Gasteiger partial charge in [0.2, 0.25) is 0 Å². The Balaban J connectivity index is 1.99. The summed E-state index contributed by atoms with van der Waals surface area (Å²) in [6.45, 7) is 8.76. The van der Waals surface area contributed by atoms with Gasteiger partial charge in [0.15, 0.2) is 0 Å². The molecule has 0 bridgehead atoms. The van der Waals surface area contributed by atoms with E-state index in [2.05, 4.69) is 37.8 Å². The van der Waals surface area contributed by atoms with Gasteiger partial charge in [-0.25, -0.2) is 0 Å². The van der Waals surface area contributed by atoms with Crippen LogP contribution in [0.15, 0.2) is 12.1 Å². The third kappa shape index (κ3) is 2.32. The fourth-order valence-electron chi connectivity index (χ4n) is 3.68. The molecule has 104 valence electrons. The Morgan fingerprint density at radius 2 is 1.74 bits per heavy atom. The first-order valence-corrected chi connectivity index (χ1v) is 7.65. The van der Waals surface area contributed by atoms with E-state index in [4.69, 9.17) is 5.73 Å². The summed E-state index contributed by atoms with van der Waals surface area (Å²) in [7, 11) is 0. The van der Waals surface area contributed by atoms with Crippen LogP contribution in [0, 0.1) is 26.7 Å². The van der Waals surface area contributed by atoms with Crippen LogP contribution in [0.4, 0.5) is 0 Å². The van der Waals surface area contributed by atoms with Crippen LogP contribution < -0.4 is 5.73 Å². The van der Waals surface area contributed by atoms with Gasteiger partial charge in [-0.1, -0.05) is 12.1 Å². The van der Waals surface area contributed by atoms with Gasteiger partial charge in [-0.15, -0.1) is 0 Å². The monoisotopic (exact) mass is 258 g/mol. The van der Waals surface area contributed by atoms with Crippen molar-refractivity contribution in [2.24, 2.45) is 11.7 Å². The normalized spacial score (nSPS) is 28.0. The van der Waals surface area contributed by atoms with Crippen LogP contribution in [0.3, 0.4) is 0 Å². The predicted octanol–water partition coefficient (Wildman–Crippen LogP) is 3.10. The van der Waals surface area contributed by atoms with Crippen molar-refractivity contribution in [3.63, 3.8) is 0 Å². The van der Waals surface area contributed by atoms with Crippen LogP contribution >= 0.6 is 0 Å². The average Bonchev–Trinajstić information content (AvgIpc) is 3.14. The molecule has 1 aromatic rings. The molecule has 1 aliphatic heterocycles. The van der Waals surface area contributed by atoms with Crippen molar-refractivity contribution >= 4 is 0 Å². The number of aryl methyl sites for hydroxylation is 3. The Bertz CT molecular complexity index is 476. The Labute approximate surface area is 117 Å². The van der Waals surface area contributed by atoms with Crippen LogP contribution in [0.25, 0.3) is 0 Å². The summed E-state index contributed by atoms with van der Waals surface area (Å²) in [5.41, 5.74) is 11.8. The highest BCUT2D eigenvalue weighted by Gasteiger charge is 2.42. The molecule has 1 heterocycles. The topological polar surface area (TPSA) is 29.3 Å². The van der Waals surface area contributed by atoms with Crippen molar-refractivity contribution in [2.75, 3.05) is 13.1 Å². The van der Waals surface area contributed by atoms with Gasteiger partial charge < -0.3 is 5.73 Å². The van der Waals surface area contributed by atoms with Crippen LogP contribution in [-0.2, 0) is 0 Å². The lowest BCUT2D eigenvalue weighted by atomic mass is 9.88. The van der Waals surface area contributed by atoms with Gasteiger partial charge in [0, 0.05) is 12.1 Å². The molecule has 2 atom stereocenters. The van der Waals surface area contributed by atoms with E-state index in [1.165, 1.54) is 48.1 Å². The van der Waals surface area contributed by atoms with Crippen LogP contribution in [0.2, 0.25) is 0 Å². The molecule has 1 aromatic carbocycles. The van der Waals surface area contributed by atoms with Crippen molar-refractivity contribution in [1.29, 1.82) is 0 Å². The minimum absolute atomic E-state index is 0.566. The summed E-state index contributed by atoms with van der Waals surface area (Å²) in [5, 5.41) is 0. The maximum Gasteiger partial charge on any atom is 0.0394 e. The maximum absolute atomic E-state index is 6.04. The van der Waals surface area contributed by atoms with E-state index in [1.807, 2.05) is 0 Å². The average molecular weight is 258 g/mol. The molecule has 0 radical (unpaired) electrons. The second kappa shape index (κ2) is 4.92. The third-order valence-corrected chi connectivity index (χ3v) is 5.08. The summed E-state index contributed by atoms with van der Waals surface area (Å²) < 4.78 is 0. The number of nitrogens with two attached hydrogens (primary N) is 1. The number of nitrogens with zero attached hydrogens (tertiary/aromatic N) is 1. The van der Waals surface area contributed by atoms with E-state index in [-0.39, 0.29) is 0 Å². The molecule has 2 aliphatic rings. The van der Waals surface area contributed by atoms with E-state index in [0.29, 0.717) is 12.0 Å². The van der Waals surface area contributed by atoms with Gasteiger partial charge in [-0.05, 0) is 81.3 Å². The van der Waals surface area contributed by atoms with E-state index < -0.39 is 0 Å². The molecule has 2 unspecified atom stereocenters.